The summed E-state index contributed by atoms with van der Waals surface area (Å²) in [5.74, 6) is -0.309. The smallest absolute Gasteiger partial charge is 0.349 e. The Morgan fingerprint density at radius 3 is 2.78 bits per heavy atom. The molecule has 1 aliphatic rings. The van der Waals surface area contributed by atoms with Crippen molar-refractivity contribution in [3.63, 3.8) is 0 Å². The Balaban J connectivity index is 2.04. The fraction of sp³-hybridized carbons (Fsp3) is 0.231. The van der Waals surface area contributed by atoms with Gasteiger partial charge in [-0.25, -0.2) is 4.79 Å². The lowest BCUT2D eigenvalue weighted by Crippen LogP contribution is -2.58. The maximum absolute atomic E-state index is 12.0. The second-order valence-electron chi connectivity index (χ2n) is 4.46. The zero-order chi connectivity index (χ0) is 12.7. The first-order valence-electron chi connectivity index (χ1n) is 5.73. The lowest BCUT2D eigenvalue weighted by Gasteiger charge is -2.36. The molecule has 0 radical (unpaired) electrons. The van der Waals surface area contributed by atoms with Crippen LogP contribution in [-0.2, 0) is 0 Å². The quantitative estimate of drug-likeness (QED) is 0.744. The van der Waals surface area contributed by atoms with Crippen molar-refractivity contribution < 1.29 is 9.21 Å². The number of nitrogens with two attached hydrogens (primary N) is 1. The van der Waals surface area contributed by atoms with Gasteiger partial charge in [0.2, 0.25) is 0 Å². The first kappa shape index (κ1) is 11.0. The van der Waals surface area contributed by atoms with Crippen LogP contribution < -0.4 is 11.4 Å². The standard InChI is InChI=1S/C13H12N2O3/c14-9-6-15(7-9)12(16)10-5-8-3-1-2-4-11(8)18-13(10)17/h1-5,9H,6-7,14H2. The molecule has 0 saturated carbocycles. The minimum atomic E-state index is -0.598. The van der Waals surface area contributed by atoms with Crippen molar-refractivity contribution in [3.05, 3.63) is 46.3 Å². The lowest BCUT2D eigenvalue weighted by atomic mass is 10.1. The average molecular weight is 244 g/mol. The van der Waals surface area contributed by atoms with Gasteiger partial charge in [-0.2, -0.15) is 0 Å². The normalized spacial score (nSPS) is 15.7. The summed E-state index contributed by atoms with van der Waals surface area (Å²) in [7, 11) is 0. The van der Waals surface area contributed by atoms with Crippen molar-refractivity contribution in [1.82, 2.24) is 4.90 Å². The largest absolute Gasteiger partial charge is 0.422 e. The third-order valence-electron chi connectivity index (χ3n) is 3.07. The van der Waals surface area contributed by atoms with Gasteiger partial charge in [0.25, 0.3) is 5.91 Å². The lowest BCUT2D eigenvalue weighted by molar-refractivity contribution is 0.0604. The van der Waals surface area contributed by atoms with E-state index in [1.165, 1.54) is 0 Å². The summed E-state index contributed by atoms with van der Waals surface area (Å²) >= 11 is 0. The summed E-state index contributed by atoms with van der Waals surface area (Å²) in [6, 6.07) is 8.70. The topological polar surface area (TPSA) is 76.5 Å². The SMILES string of the molecule is NC1CN(C(=O)c2cc3ccccc3oc2=O)C1. The van der Waals surface area contributed by atoms with Gasteiger partial charge in [0, 0.05) is 24.5 Å². The van der Waals surface area contributed by atoms with Gasteiger partial charge < -0.3 is 15.1 Å². The fourth-order valence-corrected chi connectivity index (χ4v) is 2.06. The van der Waals surface area contributed by atoms with Crippen LogP contribution in [-0.4, -0.2) is 29.9 Å². The van der Waals surface area contributed by atoms with E-state index in [1.807, 2.05) is 6.07 Å². The number of hydrogen-bond acceptors (Lipinski definition) is 4. The van der Waals surface area contributed by atoms with Gasteiger partial charge in [0.15, 0.2) is 0 Å². The highest BCUT2D eigenvalue weighted by Gasteiger charge is 2.30. The Labute approximate surface area is 103 Å². The number of para-hydroxylation sites is 1. The molecular formula is C13H12N2O3. The van der Waals surface area contributed by atoms with E-state index in [9.17, 15) is 9.59 Å². The van der Waals surface area contributed by atoms with Crippen LogP contribution in [0.15, 0.2) is 39.5 Å². The first-order chi connectivity index (χ1) is 8.65. The van der Waals surface area contributed by atoms with Crippen LogP contribution in [0.25, 0.3) is 11.0 Å². The third-order valence-corrected chi connectivity index (χ3v) is 3.07. The molecule has 5 heteroatoms. The van der Waals surface area contributed by atoms with Crippen molar-refractivity contribution in [2.75, 3.05) is 13.1 Å². The molecule has 1 saturated heterocycles. The second-order valence-corrected chi connectivity index (χ2v) is 4.46. The summed E-state index contributed by atoms with van der Waals surface area (Å²) in [5.41, 5.74) is 5.58. The highest BCUT2D eigenvalue weighted by atomic mass is 16.4. The molecule has 92 valence electrons. The van der Waals surface area contributed by atoms with E-state index < -0.39 is 5.63 Å². The Bertz CT molecular complexity index is 671. The molecule has 1 aromatic heterocycles. The number of likely N-dealkylation sites (tertiary alicyclic amines) is 1. The Hall–Kier alpha value is -2.14. The number of fused-ring (bicyclic) bond motifs is 1. The average Bonchev–Trinajstić information content (AvgIpc) is 2.33. The summed E-state index contributed by atoms with van der Waals surface area (Å²) in [5, 5.41) is 0.741. The predicted molar refractivity (Wildman–Crippen MR) is 66.4 cm³/mol. The minimum absolute atomic E-state index is 0.0152. The molecule has 0 bridgehead atoms. The van der Waals surface area contributed by atoms with Crippen molar-refractivity contribution in [2.24, 2.45) is 5.73 Å². The van der Waals surface area contributed by atoms with Gasteiger partial charge in [-0.15, -0.1) is 0 Å². The summed E-state index contributed by atoms with van der Waals surface area (Å²) in [6.07, 6.45) is 0. The maximum Gasteiger partial charge on any atom is 0.349 e. The number of benzene rings is 1. The monoisotopic (exact) mass is 244 g/mol. The van der Waals surface area contributed by atoms with Crippen LogP contribution in [0.2, 0.25) is 0 Å². The number of carbonyl (C=O) groups is 1. The molecule has 2 heterocycles. The van der Waals surface area contributed by atoms with Crippen LogP contribution in [0.1, 0.15) is 10.4 Å². The van der Waals surface area contributed by atoms with Crippen LogP contribution >= 0.6 is 0 Å². The Kier molecular flexibility index (Phi) is 2.41. The van der Waals surface area contributed by atoms with Crippen molar-refractivity contribution >= 4 is 16.9 Å². The highest BCUT2D eigenvalue weighted by molar-refractivity contribution is 5.97. The number of rotatable bonds is 1. The van der Waals surface area contributed by atoms with E-state index in [-0.39, 0.29) is 17.5 Å². The van der Waals surface area contributed by atoms with Gasteiger partial charge in [-0.1, -0.05) is 18.2 Å². The highest BCUT2D eigenvalue weighted by Crippen LogP contribution is 2.15. The zero-order valence-electron chi connectivity index (χ0n) is 9.63. The van der Waals surface area contributed by atoms with Gasteiger partial charge in [-0.3, -0.25) is 4.79 Å². The van der Waals surface area contributed by atoms with E-state index in [4.69, 9.17) is 10.2 Å². The van der Waals surface area contributed by atoms with Crippen molar-refractivity contribution in [1.29, 1.82) is 0 Å². The van der Waals surface area contributed by atoms with Gasteiger partial charge >= 0.3 is 5.63 Å². The molecule has 1 amide bonds. The van der Waals surface area contributed by atoms with Gasteiger partial charge in [0.1, 0.15) is 11.1 Å². The van der Waals surface area contributed by atoms with Crippen LogP contribution in [0.3, 0.4) is 0 Å². The van der Waals surface area contributed by atoms with Crippen molar-refractivity contribution in [3.8, 4) is 0 Å². The molecule has 3 rings (SSSR count). The number of nitrogens with zero attached hydrogens (tertiary/aromatic N) is 1. The number of carbonyl (C=O) groups excluding carboxylic acids is 1. The molecule has 5 nitrogen and oxygen atoms in total. The minimum Gasteiger partial charge on any atom is -0.422 e. The third kappa shape index (κ3) is 1.69. The molecule has 1 aromatic carbocycles. The Morgan fingerprint density at radius 1 is 1.33 bits per heavy atom. The van der Waals surface area contributed by atoms with Gasteiger partial charge in [0.05, 0.1) is 0 Å². The molecule has 0 unspecified atom stereocenters. The molecule has 0 aliphatic carbocycles. The number of amides is 1. The molecular weight excluding hydrogens is 232 g/mol. The summed E-state index contributed by atoms with van der Waals surface area (Å²) < 4.78 is 5.13. The molecule has 18 heavy (non-hydrogen) atoms. The second kappa shape index (κ2) is 3.96. The summed E-state index contributed by atoms with van der Waals surface area (Å²) in [4.78, 5) is 25.3. The van der Waals surface area contributed by atoms with E-state index in [0.717, 1.165) is 5.39 Å². The molecule has 1 aliphatic heterocycles. The van der Waals surface area contributed by atoms with E-state index in [1.54, 1.807) is 29.2 Å². The van der Waals surface area contributed by atoms with E-state index >= 15 is 0 Å². The van der Waals surface area contributed by atoms with Crippen LogP contribution in [0, 0.1) is 0 Å². The van der Waals surface area contributed by atoms with E-state index in [0.29, 0.717) is 18.7 Å². The first-order valence-corrected chi connectivity index (χ1v) is 5.73. The maximum atomic E-state index is 12.0. The fourth-order valence-electron chi connectivity index (χ4n) is 2.06. The Morgan fingerprint density at radius 2 is 2.06 bits per heavy atom. The van der Waals surface area contributed by atoms with Crippen LogP contribution in [0.4, 0.5) is 0 Å². The van der Waals surface area contributed by atoms with Gasteiger partial charge in [-0.05, 0) is 12.1 Å². The molecule has 1 fully saturated rings. The molecule has 2 N–H and O–H groups in total. The van der Waals surface area contributed by atoms with Crippen molar-refractivity contribution in [2.45, 2.75) is 6.04 Å². The zero-order valence-corrected chi connectivity index (χ0v) is 9.63. The predicted octanol–water partition coefficient (Wildman–Crippen LogP) is 0.576. The molecule has 2 aromatic rings. The van der Waals surface area contributed by atoms with Crippen LogP contribution in [0.5, 0.6) is 0 Å². The molecule has 0 atom stereocenters. The molecule has 0 spiro atoms. The number of hydrogen-bond donors (Lipinski definition) is 1. The summed E-state index contributed by atoms with van der Waals surface area (Å²) in [6.45, 7) is 0.982. The van der Waals surface area contributed by atoms with E-state index in [2.05, 4.69) is 0 Å².